The Hall–Kier alpha value is -2.43. The summed E-state index contributed by atoms with van der Waals surface area (Å²) < 4.78 is 37.5. The van der Waals surface area contributed by atoms with E-state index in [1.807, 2.05) is 0 Å². The molecule has 0 atom stereocenters. The maximum absolute atomic E-state index is 12.5. The Morgan fingerprint density at radius 3 is 2.33 bits per heavy atom. The van der Waals surface area contributed by atoms with Crippen LogP contribution >= 0.6 is 0 Å². The number of ketones is 1. The van der Waals surface area contributed by atoms with Gasteiger partial charge in [0.05, 0.1) is 16.1 Å². The van der Waals surface area contributed by atoms with Crippen molar-refractivity contribution in [2.75, 3.05) is 0 Å². The average molecular weight is 258 g/mol. The number of nitrogens with zero attached hydrogens (tertiary/aromatic N) is 2. The van der Waals surface area contributed by atoms with Crippen LogP contribution in [0.1, 0.15) is 28.4 Å². The fourth-order valence-electron chi connectivity index (χ4n) is 1.35. The molecular weight excluding hydrogens is 253 g/mol. The minimum atomic E-state index is -4.79. The predicted molar refractivity (Wildman–Crippen MR) is 52.8 cm³/mol. The van der Waals surface area contributed by atoms with Crippen LogP contribution in [0.2, 0.25) is 0 Å². The predicted octanol–water partition coefficient (Wildman–Crippen LogP) is 2.69. The molecule has 0 bridgehead atoms. The van der Waals surface area contributed by atoms with Gasteiger partial charge >= 0.3 is 6.18 Å². The topological polar surface area (TPSA) is 84.0 Å². The molecule has 1 aromatic rings. The maximum atomic E-state index is 12.5. The van der Waals surface area contributed by atoms with Crippen LogP contribution in [0.3, 0.4) is 0 Å². The van der Waals surface area contributed by atoms with Crippen LogP contribution in [0.15, 0.2) is 12.1 Å². The highest BCUT2D eigenvalue weighted by atomic mass is 19.4. The molecule has 1 rings (SSSR count). The van der Waals surface area contributed by atoms with Gasteiger partial charge < -0.3 is 0 Å². The van der Waals surface area contributed by atoms with Crippen molar-refractivity contribution in [2.45, 2.75) is 13.1 Å². The van der Waals surface area contributed by atoms with E-state index in [1.54, 1.807) is 0 Å². The first-order valence-corrected chi connectivity index (χ1v) is 4.49. The van der Waals surface area contributed by atoms with Crippen LogP contribution in [0.5, 0.6) is 0 Å². The molecule has 0 heterocycles. The molecule has 5 nitrogen and oxygen atoms in total. The molecule has 0 saturated carbocycles. The molecule has 0 saturated heterocycles. The summed E-state index contributed by atoms with van der Waals surface area (Å²) in [5.41, 5.74) is -3.70. The fourth-order valence-corrected chi connectivity index (χ4v) is 1.35. The first-order valence-electron chi connectivity index (χ1n) is 4.49. The summed E-state index contributed by atoms with van der Waals surface area (Å²) in [6.45, 7) is 0.893. The monoisotopic (exact) mass is 258 g/mol. The zero-order chi connectivity index (χ0) is 14.1. The molecule has 18 heavy (non-hydrogen) atoms. The minimum absolute atomic E-state index is 0.352. The number of nitriles is 1. The number of carbonyl (C=O) groups excluding carboxylic acids is 1. The third kappa shape index (κ3) is 2.45. The van der Waals surface area contributed by atoms with E-state index in [2.05, 4.69) is 0 Å². The normalized spacial score (nSPS) is 10.8. The average Bonchev–Trinajstić information content (AvgIpc) is 2.25. The minimum Gasteiger partial charge on any atom is -0.294 e. The highest BCUT2D eigenvalue weighted by Crippen LogP contribution is 2.34. The standard InChI is InChI=1S/C10H5F3N2O3/c1-5(16)8-3-7(10(11,12)13)2-6(4-14)9(8)15(17)18/h2-3H,1H3. The van der Waals surface area contributed by atoms with Gasteiger partial charge in [0.1, 0.15) is 11.6 Å². The van der Waals surface area contributed by atoms with E-state index in [-0.39, 0.29) is 0 Å². The van der Waals surface area contributed by atoms with Crippen LogP contribution in [0, 0.1) is 21.4 Å². The number of carbonyl (C=O) groups is 1. The second-order valence-electron chi connectivity index (χ2n) is 3.34. The lowest BCUT2D eigenvalue weighted by atomic mass is 10.0. The smallest absolute Gasteiger partial charge is 0.294 e. The first-order chi connectivity index (χ1) is 8.18. The lowest BCUT2D eigenvalue weighted by Crippen LogP contribution is -2.10. The lowest BCUT2D eigenvalue weighted by molar-refractivity contribution is -0.385. The fraction of sp³-hybridized carbons (Fsp3) is 0.200. The van der Waals surface area contributed by atoms with Gasteiger partial charge in [-0.15, -0.1) is 0 Å². The van der Waals surface area contributed by atoms with Crippen LogP contribution in [0.4, 0.5) is 18.9 Å². The van der Waals surface area contributed by atoms with E-state index in [1.165, 1.54) is 6.07 Å². The number of rotatable bonds is 2. The van der Waals surface area contributed by atoms with Crippen LogP contribution in [-0.2, 0) is 6.18 Å². The number of nitro groups is 1. The van der Waals surface area contributed by atoms with Crippen molar-refractivity contribution in [1.29, 1.82) is 5.26 Å². The number of alkyl halides is 3. The Morgan fingerprint density at radius 1 is 1.44 bits per heavy atom. The molecule has 0 spiro atoms. The van der Waals surface area contributed by atoms with Gasteiger partial charge in [-0.25, -0.2) is 0 Å². The van der Waals surface area contributed by atoms with Crippen molar-refractivity contribution in [1.82, 2.24) is 0 Å². The Labute approximate surface area is 98.6 Å². The van der Waals surface area contributed by atoms with Crippen molar-refractivity contribution in [2.24, 2.45) is 0 Å². The first kappa shape index (κ1) is 13.6. The molecule has 0 amide bonds. The van der Waals surface area contributed by atoms with Crippen LogP contribution < -0.4 is 0 Å². The van der Waals surface area contributed by atoms with E-state index < -0.39 is 39.3 Å². The molecule has 1 aromatic carbocycles. The van der Waals surface area contributed by atoms with Gasteiger partial charge in [0.2, 0.25) is 0 Å². The Balaban J connectivity index is 3.71. The van der Waals surface area contributed by atoms with Gasteiger partial charge in [-0.1, -0.05) is 0 Å². The highest BCUT2D eigenvalue weighted by Gasteiger charge is 2.35. The van der Waals surface area contributed by atoms with Gasteiger partial charge in [0.25, 0.3) is 5.69 Å². The Kier molecular flexibility index (Phi) is 3.37. The molecule has 0 radical (unpaired) electrons. The van der Waals surface area contributed by atoms with Gasteiger partial charge in [-0.2, -0.15) is 18.4 Å². The van der Waals surface area contributed by atoms with Gasteiger partial charge in [-0.05, 0) is 19.1 Å². The van der Waals surface area contributed by atoms with Crippen LogP contribution in [0.25, 0.3) is 0 Å². The number of benzene rings is 1. The SMILES string of the molecule is CC(=O)c1cc(C(F)(F)F)cc(C#N)c1[N+](=O)[O-]. The number of nitro benzene ring substituents is 1. The van der Waals surface area contributed by atoms with E-state index in [9.17, 15) is 28.1 Å². The highest BCUT2D eigenvalue weighted by molar-refractivity contribution is 5.99. The maximum Gasteiger partial charge on any atom is 0.416 e. The lowest BCUT2D eigenvalue weighted by Gasteiger charge is -2.09. The van der Waals surface area contributed by atoms with E-state index in [4.69, 9.17) is 5.26 Å². The summed E-state index contributed by atoms with van der Waals surface area (Å²) in [5.74, 6) is -0.913. The number of halogens is 3. The van der Waals surface area contributed by atoms with E-state index >= 15 is 0 Å². The largest absolute Gasteiger partial charge is 0.416 e. The summed E-state index contributed by atoms with van der Waals surface area (Å²) in [4.78, 5) is 20.8. The van der Waals surface area contributed by atoms with Gasteiger partial charge in [0.15, 0.2) is 5.78 Å². The third-order valence-corrected chi connectivity index (χ3v) is 2.12. The molecule has 0 aromatic heterocycles. The number of hydrogen-bond acceptors (Lipinski definition) is 4. The zero-order valence-electron chi connectivity index (χ0n) is 8.91. The molecule has 0 fully saturated rings. The van der Waals surface area contributed by atoms with Crippen molar-refractivity contribution < 1.29 is 22.9 Å². The summed E-state index contributed by atoms with van der Waals surface area (Å²) >= 11 is 0. The Morgan fingerprint density at radius 2 is 2.00 bits per heavy atom. The number of hydrogen-bond donors (Lipinski definition) is 0. The molecule has 0 aliphatic carbocycles. The summed E-state index contributed by atoms with van der Waals surface area (Å²) in [6, 6.07) is 2.02. The summed E-state index contributed by atoms with van der Waals surface area (Å²) in [7, 11) is 0. The number of Topliss-reactive ketones (excluding diaryl/α,β-unsaturated/α-hetero) is 1. The van der Waals surface area contributed by atoms with Crippen molar-refractivity contribution in [3.05, 3.63) is 38.9 Å². The van der Waals surface area contributed by atoms with Gasteiger partial charge in [0, 0.05) is 0 Å². The molecular formula is C10H5F3N2O3. The molecule has 0 aliphatic heterocycles. The van der Waals surface area contributed by atoms with Crippen molar-refractivity contribution in [3.8, 4) is 6.07 Å². The molecule has 0 aliphatic rings. The third-order valence-electron chi connectivity index (χ3n) is 2.12. The van der Waals surface area contributed by atoms with E-state index in [0.29, 0.717) is 12.1 Å². The summed E-state index contributed by atoms with van der Waals surface area (Å²) in [5, 5.41) is 19.3. The van der Waals surface area contributed by atoms with Gasteiger partial charge in [-0.3, -0.25) is 14.9 Å². The molecule has 8 heteroatoms. The molecule has 0 N–H and O–H groups in total. The molecule has 94 valence electrons. The zero-order valence-corrected chi connectivity index (χ0v) is 8.91. The Bertz CT molecular complexity index is 573. The second-order valence-corrected chi connectivity index (χ2v) is 3.34. The summed E-state index contributed by atoms with van der Waals surface area (Å²) in [6.07, 6.45) is -4.79. The van der Waals surface area contributed by atoms with Crippen LogP contribution in [-0.4, -0.2) is 10.7 Å². The van der Waals surface area contributed by atoms with Crippen molar-refractivity contribution >= 4 is 11.5 Å². The quantitative estimate of drug-likeness (QED) is 0.463. The van der Waals surface area contributed by atoms with E-state index in [0.717, 1.165) is 6.92 Å². The van der Waals surface area contributed by atoms with Crippen molar-refractivity contribution in [3.63, 3.8) is 0 Å². The molecule has 0 unspecified atom stereocenters. The second kappa shape index (κ2) is 4.44.